The first-order valence-corrected chi connectivity index (χ1v) is 13.8. The van der Waals surface area contributed by atoms with Crippen LogP contribution in [0, 0.1) is 17.9 Å². The van der Waals surface area contributed by atoms with Gasteiger partial charge in [0.05, 0.1) is 22.8 Å². The summed E-state index contributed by atoms with van der Waals surface area (Å²) >= 11 is 6.41. The van der Waals surface area contributed by atoms with E-state index in [1.807, 2.05) is 0 Å². The summed E-state index contributed by atoms with van der Waals surface area (Å²) in [4.78, 5) is 22.5. The summed E-state index contributed by atoms with van der Waals surface area (Å²) in [6.07, 6.45) is 5.98. The molecule has 1 aliphatic heterocycles. The molecule has 39 heavy (non-hydrogen) atoms. The van der Waals surface area contributed by atoms with Crippen LogP contribution in [0.4, 0.5) is 16.2 Å². The first-order valence-electron chi connectivity index (χ1n) is 13.4. The van der Waals surface area contributed by atoms with Crippen molar-refractivity contribution < 1.29 is 14.3 Å². The predicted molar refractivity (Wildman–Crippen MR) is 154 cm³/mol. The highest BCUT2D eigenvalue weighted by Crippen LogP contribution is 2.39. The number of nitrogens with one attached hydrogen (secondary N) is 2. The van der Waals surface area contributed by atoms with E-state index < -0.39 is 0 Å². The van der Waals surface area contributed by atoms with E-state index in [-0.39, 0.29) is 12.1 Å². The second-order valence-electron chi connectivity index (χ2n) is 11.4. The first-order chi connectivity index (χ1) is 18.7. The number of urea groups is 1. The minimum absolute atomic E-state index is 0.253. The van der Waals surface area contributed by atoms with E-state index in [0.717, 1.165) is 38.8 Å². The van der Waals surface area contributed by atoms with Crippen molar-refractivity contribution in [3.63, 3.8) is 0 Å². The minimum Gasteiger partial charge on any atom is -0.489 e. The van der Waals surface area contributed by atoms with Gasteiger partial charge in [-0.15, -0.1) is 0 Å². The highest BCUT2D eigenvalue weighted by Gasteiger charge is 2.29. The van der Waals surface area contributed by atoms with Crippen LogP contribution in [0.3, 0.4) is 0 Å². The van der Waals surface area contributed by atoms with Gasteiger partial charge in [0.1, 0.15) is 24.0 Å². The largest absolute Gasteiger partial charge is 0.489 e. The van der Waals surface area contributed by atoms with E-state index in [9.17, 15) is 4.79 Å². The monoisotopic (exact) mass is 547 g/mol. The molecule has 5 rings (SSSR count). The number of rotatable bonds is 7. The number of piperidine rings is 1. The Balaban J connectivity index is 1.27. The molecule has 3 aromatic rings. The Morgan fingerprint density at radius 2 is 1.90 bits per heavy atom. The molecule has 0 radical (unpaired) electrons. The standard InChI is InChI=1S/C30H34ClN5O3/c1-30(2,3)19-10-13-36(14-11-19)18-38-28-17-25-22(16-26(28)32-4)27(9-12-33-25)39-21-7-8-24(23(31)15-21)35-29(37)34-20-5-6-20/h7-9,12,15-17,19-20H,5-6,10-11,13-14,18H2,1-3H3,(H2,34,35,37). The molecular formula is C30H34ClN5O3. The van der Waals surface area contributed by atoms with Crippen LogP contribution in [0.2, 0.25) is 5.02 Å². The van der Waals surface area contributed by atoms with Gasteiger partial charge in [0.25, 0.3) is 0 Å². The van der Waals surface area contributed by atoms with Gasteiger partial charge in [0.2, 0.25) is 5.69 Å². The molecule has 0 bridgehead atoms. The molecule has 1 aromatic heterocycles. The minimum atomic E-state index is -0.271. The Morgan fingerprint density at radius 3 is 2.56 bits per heavy atom. The Kier molecular flexibility index (Phi) is 7.83. The molecule has 1 aliphatic carbocycles. The van der Waals surface area contributed by atoms with Crippen molar-refractivity contribution in [2.24, 2.45) is 11.3 Å². The molecule has 204 valence electrons. The second-order valence-corrected chi connectivity index (χ2v) is 11.8. The number of halogens is 1. The molecular weight excluding hydrogens is 514 g/mol. The Bertz CT molecular complexity index is 1400. The van der Waals surface area contributed by atoms with Crippen molar-refractivity contribution >= 4 is 39.9 Å². The Morgan fingerprint density at radius 1 is 1.13 bits per heavy atom. The van der Waals surface area contributed by atoms with Crippen LogP contribution in [0.15, 0.2) is 42.6 Å². The number of hydrogen-bond donors (Lipinski definition) is 2. The number of anilines is 1. The third-order valence-electron chi connectivity index (χ3n) is 7.45. The van der Waals surface area contributed by atoms with E-state index >= 15 is 0 Å². The molecule has 2 aromatic carbocycles. The highest BCUT2D eigenvalue weighted by atomic mass is 35.5. The van der Waals surface area contributed by atoms with Gasteiger partial charge < -0.3 is 20.1 Å². The van der Waals surface area contributed by atoms with Crippen molar-refractivity contribution in [3.8, 4) is 17.2 Å². The quantitative estimate of drug-likeness (QED) is 0.297. The molecule has 0 unspecified atom stereocenters. The van der Waals surface area contributed by atoms with Crippen LogP contribution in [0.25, 0.3) is 15.7 Å². The predicted octanol–water partition coefficient (Wildman–Crippen LogP) is 7.61. The summed E-state index contributed by atoms with van der Waals surface area (Å²) in [5.74, 6) is 2.28. The summed E-state index contributed by atoms with van der Waals surface area (Å²) in [7, 11) is 0. The smallest absolute Gasteiger partial charge is 0.319 e. The highest BCUT2D eigenvalue weighted by molar-refractivity contribution is 6.33. The number of amides is 2. The van der Waals surface area contributed by atoms with Crippen LogP contribution in [0.5, 0.6) is 17.2 Å². The lowest BCUT2D eigenvalue weighted by atomic mass is 9.75. The summed E-state index contributed by atoms with van der Waals surface area (Å²) < 4.78 is 12.3. The number of aromatic nitrogens is 1. The van der Waals surface area contributed by atoms with Crippen molar-refractivity contribution in [1.29, 1.82) is 0 Å². The zero-order valence-electron chi connectivity index (χ0n) is 22.6. The molecule has 1 saturated heterocycles. The maximum atomic E-state index is 12.1. The molecule has 2 fully saturated rings. The van der Waals surface area contributed by atoms with Gasteiger partial charge in [-0.05, 0) is 67.3 Å². The fraction of sp³-hybridized carbons (Fsp3) is 0.433. The van der Waals surface area contributed by atoms with Crippen molar-refractivity contribution in [1.82, 2.24) is 15.2 Å². The van der Waals surface area contributed by atoms with Crippen molar-refractivity contribution in [2.45, 2.75) is 52.5 Å². The number of fused-ring (bicyclic) bond motifs is 1. The lowest BCUT2D eigenvalue weighted by Gasteiger charge is -2.38. The average Bonchev–Trinajstić information content (AvgIpc) is 3.72. The van der Waals surface area contributed by atoms with Crippen LogP contribution in [-0.2, 0) is 0 Å². The number of likely N-dealkylation sites (tertiary alicyclic amines) is 1. The van der Waals surface area contributed by atoms with E-state index in [0.29, 0.717) is 62.6 Å². The molecule has 2 amide bonds. The number of carbonyl (C=O) groups is 1. The van der Waals surface area contributed by atoms with E-state index in [1.54, 1.807) is 42.6 Å². The molecule has 2 N–H and O–H groups in total. The van der Waals surface area contributed by atoms with Crippen LogP contribution in [-0.4, -0.2) is 41.8 Å². The number of ether oxygens (including phenoxy) is 2. The number of carbonyl (C=O) groups excluding carboxylic acids is 1. The van der Waals surface area contributed by atoms with E-state index in [4.69, 9.17) is 27.6 Å². The summed E-state index contributed by atoms with van der Waals surface area (Å²) in [5.41, 5.74) is 1.90. The number of hydrogen-bond acceptors (Lipinski definition) is 5. The lowest BCUT2D eigenvalue weighted by Crippen LogP contribution is -2.39. The van der Waals surface area contributed by atoms with Crippen LogP contribution in [0.1, 0.15) is 46.5 Å². The maximum Gasteiger partial charge on any atom is 0.319 e. The molecule has 0 spiro atoms. The number of nitrogens with zero attached hydrogens (tertiary/aromatic N) is 3. The summed E-state index contributed by atoms with van der Waals surface area (Å²) in [5, 5.41) is 6.70. The molecule has 2 heterocycles. The summed E-state index contributed by atoms with van der Waals surface area (Å²) in [6.45, 7) is 17.1. The van der Waals surface area contributed by atoms with Gasteiger partial charge in [0.15, 0.2) is 0 Å². The van der Waals surface area contributed by atoms with Gasteiger partial charge in [-0.2, -0.15) is 0 Å². The maximum absolute atomic E-state index is 12.1. The molecule has 0 atom stereocenters. The molecule has 8 nitrogen and oxygen atoms in total. The van der Waals surface area contributed by atoms with Gasteiger partial charge in [-0.25, -0.2) is 9.64 Å². The van der Waals surface area contributed by atoms with Crippen molar-refractivity contribution in [2.75, 3.05) is 25.1 Å². The second kappa shape index (κ2) is 11.3. The Hall–Kier alpha value is -3.54. The Labute approximate surface area is 234 Å². The third-order valence-corrected chi connectivity index (χ3v) is 7.76. The fourth-order valence-electron chi connectivity index (χ4n) is 4.88. The van der Waals surface area contributed by atoms with E-state index in [2.05, 4.69) is 46.1 Å². The first kappa shape index (κ1) is 27.0. The number of pyridine rings is 1. The molecule has 9 heteroatoms. The van der Waals surface area contributed by atoms with Crippen LogP contribution < -0.4 is 20.1 Å². The van der Waals surface area contributed by atoms with Crippen molar-refractivity contribution in [3.05, 3.63) is 59.0 Å². The van der Waals surface area contributed by atoms with Gasteiger partial charge in [0, 0.05) is 36.8 Å². The zero-order valence-corrected chi connectivity index (χ0v) is 23.3. The van der Waals surface area contributed by atoms with Gasteiger partial charge in [-0.3, -0.25) is 9.88 Å². The van der Waals surface area contributed by atoms with Gasteiger partial charge >= 0.3 is 6.03 Å². The average molecular weight is 548 g/mol. The number of benzene rings is 2. The molecule has 2 aliphatic rings. The lowest BCUT2D eigenvalue weighted by molar-refractivity contribution is 0.0585. The van der Waals surface area contributed by atoms with E-state index in [1.165, 1.54) is 0 Å². The van der Waals surface area contributed by atoms with Crippen LogP contribution >= 0.6 is 11.6 Å². The third kappa shape index (κ3) is 6.73. The topological polar surface area (TPSA) is 80.1 Å². The summed E-state index contributed by atoms with van der Waals surface area (Å²) in [6, 6.07) is 10.4. The normalized spacial score (nSPS) is 16.5. The van der Waals surface area contributed by atoms with Gasteiger partial charge in [-0.1, -0.05) is 32.4 Å². The zero-order chi connectivity index (χ0) is 27.6. The molecule has 1 saturated carbocycles. The SMILES string of the molecule is [C-]#[N+]c1cc2c(Oc3ccc(NC(=O)NC4CC4)c(Cl)c3)ccnc2cc1OCN1CCC(C(C)(C)C)CC1. The fourth-order valence-corrected chi connectivity index (χ4v) is 5.09.